The lowest BCUT2D eigenvalue weighted by Crippen LogP contribution is -2.42. The van der Waals surface area contributed by atoms with E-state index in [1.165, 1.54) is 5.56 Å². The summed E-state index contributed by atoms with van der Waals surface area (Å²) in [5.74, 6) is 0.766. The Hall–Kier alpha value is -1.35. The molecule has 1 aromatic carbocycles. The predicted octanol–water partition coefficient (Wildman–Crippen LogP) is 3.05. The Morgan fingerprint density at radius 1 is 1.24 bits per heavy atom. The van der Waals surface area contributed by atoms with Gasteiger partial charge in [0, 0.05) is 25.1 Å². The third kappa shape index (κ3) is 3.46. The van der Waals surface area contributed by atoms with Gasteiger partial charge in [0.2, 0.25) is 5.91 Å². The summed E-state index contributed by atoms with van der Waals surface area (Å²) in [4.78, 5) is 14.3. The zero-order chi connectivity index (χ0) is 15.6. The lowest BCUT2D eigenvalue weighted by Gasteiger charge is -2.31. The van der Waals surface area contributed by atoms with Gasteiger partial charge in [-0.3, -0.25) is 4.79 Å². The Morgan fingerprint density at radius 2 is 1.86 bits per heavy atom. The van der Waals surface area contributed by atoms with E-state index in [-0.39, 0.29) is 29.9 Å². The van der Waals surface area contributed by atoms with Gasteiger partial charge in [-0.05, 0) is 30.2 Å². The van der Waals surface area contributed by atoms with E-state index in [0.717, 1.165) is 12.8 Å². The smallest absolute Gasteiger partial charge is 0.227 e. The monoisotopic (exact) mass is 289 g/mol. The van der Waals surface area contributed by atoms with Crippen LogP contribution in [0.25, 0.3) is 0 Å². The number of rotatable bonds is 3. The molecule has 1 aliphatic carbocycles. The molecular weight excluding hydrogens is 262 g/mol. The third-order valence-corrected chi connectivity index (χ3v) is 4.64. The normalized spacial score (nSPS) is 25.9. The van der Waals surface area contributed by atoms with E-state index in [1.807, 2.05) is 50.9 Å². The summed E-state index contributed by atoms with van der Waals surface area (Å²) in [5.41, 5.74) is 0.921. The average Bonchev–Trinajstić information content (AvgIpc) is 2.90. The molecule has 0 unspecified atom stereocenters. The summed E-state index contributed by atoms with van der Waals surface area (Å²) in [7, 11) is 1.90. The third-order valence-electron chi connectivity index (χ3n) is 4.64. The van der Waals surface area contributed by atoms with Crippen LogP contribution in [0.4, 0.5) is 0 Å². The van der Waals surface area contributed by atoms with Gasteiger partial charge in [-0.1, -0.05) is 51.1 Å². The molecule has 1 N–H and O–H groups in total. The van der Waals surface area contributed by atoms with Gasteiger partial charge in [-0.15, -0.1) is 0 Å². The molecule has 21 heavy (non-hydrogen) atoms. The van der Waals surface area contributed by atoms with Crippen LogP contribution in [0.2, 0.25) is 0 Å². The number of aliphatic hydroxyl groups is 1. The summed E-state index contributed by atoms with van der Waals surface area (Å²) in [5, 5.41) is 9.69. The lowest BCUT2D eigenvalue weighted by atomic mass is 9.89. The van der Waals surface area contributed by atoms with Crippen LogP contribution in [-0.2, 0) is 4.79 Å². The first-order valence-corrected chi connectivity index (χ1v) is 7.77. The van der Waals surface area contributed by atoms with E-state index < -0.39 is 0 Å². The van der Waals surface area contributed by atoms with Crippen molar-refractivity contribution in [2.24, 2.45) is 11.3 Å². The first-order valence-electron chi connectivity index (χ1n) is 7.77. The predicted molar refractivity (Wildman–Crippen MR) is 85.0 cm³/mol. The van der Waals surface area contributed by atoms with Crippen LogP contribution >= 0.6 is 0 Å². The quantitative estimate of drug-likeness (QED) is 0.929. The fraction of sp³-hybridized carbons (Fsp3) is 0.611. The molecule has 3 heteroatoms. The molecule has 1 saturated carbocycles. The fourth-order valence-corrected chi connectivity index (χ4v) is 3.42. The second-order valence-electron chi connectivity index (χ2n) is 7.25. The highest BCUT2D eigenvalue weighted by Gasteiger charge is 2.39. The van der Waals surface area contributed by atoms with Gasteiger partial charge in [0.25, 0.3) is 0 Å². The SMILES string of the molecule is CN(C(=O)C(C)(C)C)[C@@H]1C[C@H](CO)[C@@H](c2ccccc2)C1. The van der Waals surface area contributed by atoms with Crippen molar-refractivity contribution in [2.45, 2.75) is 45.6 Å². The number of aliphatic hydroxyl groups excluding tert-OH is 1. The molecule has 0 spiro atoms. The number of carbonyl (C=O) groups excluding carboxylic acids is 1. The molecule has 3 nitrogen and oxygen atoms in total. The minimum absolute atomic E-state index is 0.179. The van der Waals surface area contributed by atoms with Crippen LogP contribution in [0.1, 0.15) is 45.1 Å². The maximum atomic E-state index is 12.5. The van der Waals surface area contributed by atoms with E-state index in [1.54, 1.807) is 0 Å². The number of hydrogen-bond acceptors (Lipinski definition) is 2. The molecule has 0 bridgehead atoms. The van der Waals surface area contributed by atoms with Crippen LogP contribution in [0.5, 0.6) is 0 Å². The Kier molecular flexibility index (Phi) is 4.72. The van der Waals surface area contributed by atoms with Crippen LogP contribution in [-0.4, -0.2) is 35.6 Å². The zero-order valence-corrected chi connectivity index (χ0v) is 13.5. The second-order valence-corrected chi connectivity index (χ2v) is 7.25. The molecule has 0 aliphatic heterocycles. The molecule has 0 saturated heterocycles. The molecule has 1 aliphatic rings. The van der Waals surface area contributed by atoms with Gasteiger partial charge >= 0.3 is 0 Å². The Labute approximate surface area is 128 Å². The number of nitrogens with zero attached hydrogens (tertiary/aromatic N) is 1. The summed E-state index contributed by atoms with van der Waals surface area (Å²) >= 11 is 0. The van der Waals surface area contributed by atoms with Crippen LogP contribution < -0.4 is 0 Å². The van der Waals surface area contributed by atoms with Gasteiger partial charge in [-0.25, -0.2) is 0 Å². The topological polar surface area (TPSA) is 40.5 Å². The van der Waals surface area contributed by atoms with Crippen molar-refractivity contribution < 1.29 is 9.90 Å². The Morgan fingerprint density at radius 3 is 2.38 bits per heavy atom. The van der Waals surface area contributed by atoms with Gasteiger partial charge in [0.15, 0.2) is 0 Å². The molecule has 0 heterocycles. The van der Waals surface area contributed by atoms with Crippen molar-refractivity contribution in [2.75, 3.05) is 13.7 Å². The van der Waals surface area contributed by atoms with Crippen LogP contribution in [0.3, 0.4) is 0 Å². The van der Waals surface area contributed by atoms with E-state index in [4.69, 9.17) is 0 Å². The molecular formula is C18H27NO2. The largest absolute Gasteiger partial charge is 0.396 e. The highest BCUT2D eigenvalue weighted by Crippen LogP contribution is 2.41. The van der Waals surface area contributed by atoms with E-state index in [2.05, 4.69) is 12.1 Å². The molecule has 1 amide bonds. The molecule has 3 atom stereocenters. The summed E-state index contributed by atoms with van der Waals surface area (Å²) in [6.07, 6.45) is 1.82. The van der Waals surface area contributed by atoms with Crippen molar-refractivity contribution in [1.82, 2.24) is 4.90 Å². The van der Waals surface area contributed by atoms with Gasteiger partial charge in [0.1, 0.15) is 0 Å². The fourth-order valence-electron chi connectivity index (χ4n) is 3.42. The first kappa shape index (κ1) is 16.0. The van der Waals surface area contributed by atoms with Crippen molar-refractivity contribution >= 4 is 5.91 Å². The maximum Gasteiger partial charge on any atom is 0.227 e. The van der Waals surface area contributed by atoms with Crippen LogP contribution in [0, 0.1) is 11.3 Å². The van der Waals surface area contributed by atoms with Crippen molar-refractivity contribution in [3.8, 4) is 0 Å². The number of carbonyl (C=O) groups is 1. The minimum atomic E-state index is -0.353. The summed E-state index contributed by atoms with van der Waals surface area (Å²) in [6.45, 7) is 6.06. The molecule has 1 fully saturated rings. The van der Waals surface area contributed by atoms with Gasteiger partial charge < -0.3 is 10.0 Å². The molecule has 1 aromatic rings. The van der Waals surface area contributed by atoms with E-state index in [0.29, 0.717) is 5.92 Å². The van der Waals surface area contributed by atoms with Crippen molar-refractivity contribution in [3.63, 3.8) is 0 Å². The molecule has 0 radical (unpaired) electrons. The summed E-state index contributed by atoms with van der Waals surface area (Å²) in [6, 6.07) is 10.6. The standard InChI is InChI=1S/C18H27NO2/c1-18(2,3)17(21)19(4)15-10-14(12-20)16(11-15)13-8-6-5-7-9-13/h5-9,14-16,20H,10-12H2,1-4H3/t14-,15-,16-/m1/s1. The average molecular weight is 289 g/mol. The zero-order valence-electron chi connectivity index (χ0n) is 13.5. The maximum absolute atomic E-state index is 12.5. The first-order chi connectivity index (χ1) is 9.84. The lowest BCUT2D eigenvalue weighted by molar-refractivity contribution is -0.140. The van der Waals surface area contributed by atoms with Crippen LogP contribution in [0.15, 0.2) is 30.3 Å². The van der Waals surface area contributed by atoms with Gasteiger partial charge in [-0.2, -0.15) is 0 Å². The second kappa shape index (κ2) is 6.18. The minimum Gasteiger partial charge on any atom is -0.396 e. The molecule has 116 valence electrons. The molecule has 0 aromatic heterocycles. The van der Waals surface area contributed by atoms with Crippen molar-refractivity contribution in [3.05, 3.63) is 35.9 Å². The highest BCUT2D eigenvalue weighted by molar-refractivity contribution is 5.81. The number of amides is 1. The number of benzene rings is 1. The highest BCUT2D eigenvalue weighted by atomic mass is 16.3. The Bertz CT molecular complexity index is 478. The van der Waals surface area contributed by atoms with Crippen molar-refractivity contribution in [1.29, 1.82) is 0 Å². The van der Waals surface area contributed by atoms with E-state index >= 15 is 0 Å². The number of hydrogen-bond donors (Lipinski definition) is 1. The van der Waals surface area contributed by atoms with E-state index in [9.17, 15) is 9.90 Å². The summed E-state index contributed by atoms with van der Waals surface area (Å²) < 4.78 is 0. The molecule has 2 rings (SSSR count). The Balaban J connectivity index is 2.14. The van der Waals surface area contributed by atoms with Gasteiger partial charge in [0.05, 0.1) is 0 Å².